The Bertz CT molecular complexity index is 708. The van der Waals surface area contributed by atoms with Crippen molar-refractivity contribution in [1.82, 2.24) is 0 Å². The van der Waals surface area contributed by atoms with Gasteiger partial charge in [-0.05, 0) is 18.8 Å². The molecule has 5 heteroatoms. The molecule has 0 saturated carbocycles. The van der Waals surface area contributed by atoms with Gasteiger partial charge in [-0.2, -0.15) is 0 Å². The number of benzene rings is 1. The third-order valence-electron chi connectivity index (χ3n) is 3.41. The molecule has 0 fully saturated rings. The molecule has 1 aromatic rings. The smallest absolute Gasteiger partial charge is 0.349 e. The zero-order valence-electron chi connectivity index (χ0n) is 13.6. The highest BCUT2D eigenvalue weighted by atomic mass is 19.1. The maximum Gasteiger partial charge on any atom is 0.349 e. The molecule has 23 heavy (non-hydrogen) atoms. The average molecular weight is 318 g/mol. The summed E-state index contributed by atoms with van der Waals surface area (Å²) < 4.78 is 19.5. The number of halogens is 1. The number of ketones is 2. The normalized spacial score (nSPS) is 17.2. The van der Waals surface area contributed by atoms with Crippen molar-refractivity contribution in [3.8, 4) is 0 Å². The second kappa shape index (κ2) is 5.72. The van der Waals surface area contributed by atoms with Gasteiger partial charge in [0.15, 0.2) is 11.5 Å². The van der Waals surface area contributed by atoms with Crippen LogP contribution in [0.25, 0.3) is 0 Å². The van der Waals surface area contributed by atoms with E-state index in [0.29, 0.717) is 0 Å². The van der Waals surface area contributed by atoms with E-state index in [4.69, 9.17) is 4.74 Å². The minimum atomic E-state index is -2.25. The third kappa shape index (κ3) is 3.73. The lowest BCUT2D eigenvalue weighted by Crippen LogP contribution is -2.37. The SMILES string of the molecule is CC(C)(C)CC(C)(F)C(=O)OC1=CC(=O)c2ccccc2C1=O. The molecule has 122 valence electrons. The van der Waals surface area contributed by atoms with Crippen LogP contribution in [0, 0.1) is 5.41 Å². The Labute approximate surface area is 134 Å². The van der Waals surface area contributed by atoms with Crippen LogP contribution >= 0.6 is 0 Å². The van der Waals surface area contributed by atoms with Gasteiger partial charge in [0.05, 0.1) is 0 Å². The predicted molar refractivity (Wildman–Crippen MR) is 82.9 cm³/mol. The van der Waals surface area contributed by atoms with Gasteiger partial charge in [0.25, 0.3) is 0 Å². The summed E-state index contributed by atoms with van der Waals surface area (Å²) in [4.78, 5) is 36.4. The van der Waals surface area contributed by atoms with Gasteiger partial charge in [-0.3, -0.25) is 9.59 Å². The average Bonchev–Trinajstić information content (AvgIpc) is 2.42. The van der Waals surface area contributed by atoms with Crippen molar-refractivity contribution in [2.45, 2.75) is 39.8 Å². The van der Waals surface area contributed by atoms with Crippen LogP contribution in [-0.2, 0) is 9.53 Å². The van der Waals surface area contributed by atoms with E-state index >= 15 is 0 Å². The summed E-state index contributed by atoms with van der Waals surface area (Å²) in [5.74, 6) is -2.64. The summed E-state index contributed by atoms with van der Waals surface area (Å²) in [6, 6.07) is 6.23. The molecular formula is C18H19FO4. The molecule has 0 spiro atoms. The van der Waals surface area contributed by atoms with Gasteiger partial charge in [-0.1, -0.05) is 45.0 Å². The first kappa shape index (κ1) is 17.1. The Morgan fingerprint density at radius 3 is 2.22 bits per heavy atom. The minimum Gasteiger partial charge on any atom is -0.420 e. The van der Waals surface area contributed by atoms with Crippen molar-refractivity contribution in [2.75, 3.05) is 0 Å². The number of hydrogen-bond donors (Lipinski definition) is 0. The number of rotatable bonds is 3. The predicted octanol–water partition coefficient (Wildman–Crippen LogP) is 3.66. The van der Waals surface area contributed by atoms with Crippen LogP contribution in [0.3, 0.4) is 0 Å². The maximum absolute atomic E-state index is 14.6. The highest BCUT2D eigenvalue weighted by Crippen LogP contribution is 2.32. The zero-order chi connectivity index (χ0) is 17.4. The van der Waals surface area contributed by atoms with Crippen molar-refractivity contribution in [2.24, 2.45) is 5.41 Å². The lowest BCUT2D eigenvalue weighted by atomic mass is 9.84. The van der Waals surface area contributed by atoms with E-state index in [2.05, 4.69) is 0 Å². The molecule has 0 saturated heterocycles. The first-order valence-corrected chi connectivity index (χ1v) is 7.32. The van der Waals surface area contributed by atoms with Gasteiger partial charge in [0, 0.05) is 17.2 Å². The zero-order valence-corrected chi connectivity index (χ0v) is 13.6. The van der Waals surface area contributed by atoms with Crippen LogP contribution in [0.4, 0.5) is 4.39 Å². The lowest BCUT2D eigenvalue weighted by molar-refractivity contribution is -0.153. The van der Waals surface area contributed by atoms with Crippen molar-refractivity contribution >= 4 is 17.5 Å². The van der Waals surface area contributed by atoms with E-state index in [9.17, 15) is 18.8 Å². The number of carbonyl (C=O) groups excluding carboxylic acids is 3. The van der Waals surface area contributed by atoms with E-state index in [1.807, 2.05) is 0 Å². The van der Waals surface area contributed by atoms with Gasteiger partial charge in [0.1, 0.15) is 0 Å². The van der Waals surface area contributed by atoms with E-state index < -0.39 is 34.4 Å². The number of alkyl halides is 1. The summed E-state index contributed by atoms with van der Waals surface area (Å²) in [6.07, 6.45) is 0.876. The fourth-order valence-corrected chi connectivity index (χ4v) is 2.64. The Morgan fingerprint density at radius 2 is 1.65 bits per heavy atom. The highest BCUT2D eigenvalue weighted by Gasteiger charge is 2.41. The van der Waals surface area contributed by atoms with Crippen LogP contribution in [0.15, 0.2) is 36.1 Å². The Balaban J connectivity index is 2.23. The number of fused-ring (bicyclic) bond motifs is 1. The Hall–Kier alpha value is -2.30. The van der Waals surface area contributed by atoms with Crippen LogP contribution in [0.2, 0.25) is 0 Å². The molecule has 0 heterocycles. The first-order chi connectivity index (χ1) is 10.5. The number of Topliss-reactive ketones (excluding diaryl/α,β-unsaturated/α-hetero) is 1. The Kier molecular flexibility index (Phi) is 4.24. The third-order valence-corrected chi connectivity index (χ3v) is 3.41. The second-order valence-electron chi connectivity index (χ2n) is 7.07. The first-order valence-electron chi connectivity index (χ1n) is 7.32. The molecule has 0 bridgehead atoms. The van der Waals surface area contributed by atoms with E-state index in [1.54, 1.807) is 32.9 Å². The summed E-state index contributed by atoms with van der Waals surface area (Å²) in [6.45, 7) is 6.50. The molecule has 2 rings (SSSR count). The molecule has 1 unspecified atom stereocenters. The molecule has 0 aliphatic heterocycles. The molecular weight excluding hydrogens is 299 g/mol. The van der Waals surface area contributed by atoms with Crippen molar-refractivity contribution < 1.29 is 23.5 Å². The molecule has 1 aliphatic carbocycles. The molecule has 0 radical (unpaired) electrons. The number of allylic oxidation sites excluding steroid dienone is 2. The van der Waals surface area contributed by atoms with E-state index in [0.717, 1.165) is 13.0 Å². The topological polar surface area (TPSA) is 60.4 Å². The largest absolute Gasteiger partial charge is 0.420 e. The molecule has 1 atom stereocenters. The van der Waals surface area contributed by atoms with Crippen molar-refractivity contribution in [1.29, 1.82) is 0 Å². The standard InChI is InChI=1S/C18H19FO4/c1-17(2,3)10-18(4,19)16(22)23-14-9-13(20)11-7-5-6-8-12(11)15(14)21/h5-9H,10H2,1-4H3. The van der Waals surface area contributed by atoms with Crippen LogP contribution in [0.1, 0.15) is 54.8 Å². The molecule has 0 aromatic heterocycles. The monoisotopic (exact) mass is 318 g/mol. The number of esters is 1. The lowest BCUT2D eigenvalue weighted by Gasteiger charge is -2.27. The van der Waals surface area contributed by atoms with Gasteiger partial charge in [-0.15, -0.1) is 0 Å². The molecule has 1 aliphatic rings. The summed E-state index contributed by atoms with van der Waals surface area (Å²) in [5.41, 5.74) is -2.29. The molecule has 0 amide bonds. The highest BCUT2D eigenvalue weighted by molar-refractivity contribution is 6.24. The second-order valence-corrected chi connectivity index (χ2v) is 7.07. The van der Waals surface area contributed by atoms with Crippen molar-refractivity contribution in [3.05, 3.63) is 47.2 Å². The number of carbonyl (C=O) groups is 3. The Morgan fingerprint density at radius 1 is 1.09 bits per heavy atom. The summed E-state index contributed by atoms with van der Waals surface area (Å²) >= 11 is 0. The minimum absolute atomic E-state index is 0.0646. The summed E-state index contributed by atoms with van der Waals surface area (Å²) in [7, 11) is 0. The van der Waals surface area contributed by atoms with Gasteiger partial charge in [-0.25, -0.2) is 9.18 Å². The van der Waals surface area contributed by atoms with Crippen molar-refractivity contribution in [3.63, 3.8) is 0 Å². The molecule has 4 nitrogen and oxygen atoms in total. The van der Waals surface area contributed by atoms with Gasteiger partial charge >= 0.3 is 5.97 Å². The fraction of sp³-hybridized carbons (Fsp3) is 0.389. The molecule has 0 N–H and O–H groups in total. The van der Waals surface area contributed by atoms with Gasteiger partial charge < -0.3 is 4.74 Å². The van der Waals surface area contributed by atoms with E-state index in [1.165, 1.54) is 12.1 Å². The van der Waals surface area contributed by atoms with Crippen LogP contribution < -0.4 is 0 Å². The van der Waals surface area contributed by atoms with Crippen LogP contribution in [-0.4, -0.2) is 23.2 Å². The number of hydrogen-bond acceptors (Lipinski definition) is 4. The summed E-state index contributed by atoms with van der Waals surface area (Å²) in [5, 5.41) is 0. The fourth-order valence-electron chi connectivity index (χ4n) is 2.64. The quantitative estimate of drug-likeness (QED) is 0.798. The van der Waals surface area contributed by atoms with E-state index in [-0.39, 0.29) is 17.5 Å². The number of ether oxygens (including phenoxy) is 1. The van der Waals surface area contributed by atoms with Gasteiger partial charge in [0.2, 0.25) is 11.5 Å². The molecule has 1 aromatic carbocycles. The van der Waals surface area contributed by atoms with Crippen LogP contribution in [0.5, 0.6) is 0 Å². The maximum atomic E-state index is 14.6.